The van der Waals surface area contributed by atoms with Crippen LogP contribution in [0.15, 0.2) is 54.7 Å². The van der Waals surface area contributed by atoms with Gasteiger partial charge in [-0.15, -0.1) is 0 Å². The highest BCUT2D eigenvalue weighted by Gasteiger charge is 2.34. The van der Waals surface area contributed by atoms with Crippen LogP contribution in [0.1, 0.15) is 33.6 Å². The summed E-state index contributed by atoms with van der Waals surface area (Å²) >= 11 is 0. The number of likely N-dealkylation sites (tertiary alicyclic amines) is 1. The van der Waals surface area contributed by atoms with Crippen LogP contribution in [0.25, 0.3) is 10.9 Å². The number of nitrogens with zero attached hydrogens (tertiary/aromatic N) is 1. The second-order valence-electron chi connectivity index (χ2n) is 6.65. The van der Waals surface area contributed by atoms with Crippen molar-refractivity contribution in [3.05, 3.63) is 71.7 Å². The minimum Gasteiger partial charge on any atom is -0.360 e. The van der Waals surface area contributed by atoms with Crippen LogP contribution >= 0.6 is 0 Å². The largest absolute Gasteiger partial charge is 0.360 e. The molecular formula is C21H19FN2O2. The molecule has 0 amide bonds. The molecular weight excluding hydrogens is 331 g/mol. The number of H-pyrrole nitrogens is 1. The third-order valence-electron chi connectivity index (χ3n) is 5.03. The highest BCUT2D eigenvalue weighted by atomic mass is 19.1. The van der Waals surface area contributed by atoms with Gasteiger partial charge in [0.2, 0.25) is 0 Å². The van der Waals surface area contributed by atoms with Crippen molar-refractivity contribution in [2.24, 2.45) is 0 Å². The lowest BCUT2D eigenvalue weighted by Gasteiger charge is -2.22. The molecule has 1 fully saturated rings. The molecule has 0 saturated carbocycles. The Bertz CT molecular complexity index is 965. The number of rotatable bonds is 5. The number of fused-ring (bicyclic) bond motifs is 1. The van der Waals surface area contributed by atoms with Crippen LogP contribution < -0.4 is 0 Å². The molecule has 26 heavy (non-hydrogen) atoms. The van der Waals surface area contributed by atoms with E-state index in [1.165, 1.54) is 6.07 Å². The highest BCUT2D eigenvalue weighted by molar-refractivity contribution is 6.10. The van der Waals surface area contributed by atoms with E-state index in [1.807, 2.05) is 23.1 Å². The molecule has 4 rings (SSSR count). The van der Waals surface area contributed by atoms with Gasteiger partial charge in [-0.2, -0.15) is 0 Å². The van der Waals surface area contributed by atoms with E-state index in [0.29, 0.717) is 35.0 Å². The van der Waals surface area contributed by atoms with Crippen molar-refractivity contribution in [3.63, 3.8) is 0 Å². The fourth-order valence-corrected chi connectivity index (χ4v) is 3.73. The van der Waals surface area contributed by atoms with E-state index in [0.717, 1.165) is 6.42 Å². The SMILES string of the molecule is O=C(CN1CCC[C@@H]1C(=O)c1c[nH]c2cccc(F)c12)c1ccccc1. The number of aromatic amines is 1. The van der Waals surface area contributed by atoms with Crippen molar-refractivity contribution in [2.75, 3.05) is 13.1 Å². The van der Waals surface area contributed by atoms with Gasteiger partial charge < -0.3 is 4.98 Å². The number of hydrogen-bond donors (Lipinski definition) is 1. The maximum atomic E-state index is 14.2. The zero-order valence-corrected chi connectivity index (χ0v) is 14.2. The van der Waals surface area contributed by atoms with E-state index in [-0.39, 0.29) is 24.2 Å². The van der Waals surface area contributed by atoms with Crippen molar-refractivity contribution in [3.8, 4) is 0 Å². The van der Waals surface area contributed by atoms with Crippen molar-refractivity contribution in [1.29, 1.82) is 0 Å². The predicted molar refractivity (Wildman–Crippen MR) is 98.0 cm³/mol. The van der Waals surface area contributed by atoms with Crippen LogP contribution in [0.4, 0.5) is 4.39 Å². The highest BCUT2D eigenvalue weighted by Crippen LogP contribution is 2.27. The van der Waals surface area contributed by atoms with Crippen LogP contribution in [0.2, 0.25) is 0 Å². The first-order chi connectivity index (χ1) is 12.6. The van der Waals surface area contributed by atoms with Crippen LogP contribution in [-0.2, 0) is 0 Å². The molecule has 5 heteroatoms. The maximum absolute atomic E-state index is 14.2. The Morgan fingerprint density at radius 2 is 1.92 bits per heavy atom. The molecule has 0 spiro atoms. The number of nitrogens with one attached hydrogen (secondary N) is 1. The Balaban J connectivity index is 1.58. The standard InChI is InChI=1S/C21H19FN2O2/c22-16-8-4-9-17-20(16)15(12-23-17)21(26)18-10-5-11-24(18)13-19(25)14-6-2-1-3-7-14/h1-4,6-9,12,18,23H,5,10-11,13H2/t18-/m1/s1. The first kappa shape index (κ1) is 16.7. The summed E-state index contributed by atoms with van der Waals surface area (Å²) in [6.07, 6.45) is 3.11. The summed E-state index contributed by atoms with van der Waals surface area (Å²) in [6, 6.07) is 13.4. The van der Waals surface area contributed by atoms with E-state index in [9.17, 15) is 14.0 Å². The average Bonchev–Trinajstić information content (AvgIpc) is 3.29. The average molecular weight is 350 g/mol. The molecule has 1 saturated heterocycles. The monoisotopic (exact) mass is 350 g/mol. The summed E-state index contributed by atoms with van der Waals surface area (Å²) < 4.78 is 14.2. The fraction of sp³-hybridized carbons (Fsp3) is 0.238. The molecule has 0 unspecified atom stereocenters. The Morgan fingerprint density at radius 1 is 1.12 bits per heavy atom. The molecule has 1 atom stereocenters. The summed E-state index contributed by atoms with van der Waals surface area (Å²) in [4.78, 5) is 30.4. The van der Waals surface area contributed by atoms with E-state index in [2.05, 4.69) is 4.98 Å². The number of aromatic nitrogens is 1. The van der Waals surface area contributed by atoms with E-state index in [1.54, 1.807) is 30.5 Å². The number of Topliss-reactive ketones (excluding diaryl/α,β-unsaturated/α-hetero) is 2. The van der Waals surface area contributed by atoms with E-state index >= 15 is 0 Å². The lowest BCUT2D eigenvalue weighted by atomic mass is 10.0. The fourth-order valence-electron chi connectivity index (χ4n) is 3.73. The van der Waals surface area contributed by atoms with Crippen molar-refractivity contribution >= 4 is 22.5 Å². The van der Waals surface area contributed by atoms with Crippen LogP contribution in [0.3, 0.4) is 0 Å². The molecule has 1 aliphatic heterocycles. The Kier molecular flexibility index (Phi) is 4.39. The summed E-state index contributed by atoms with van der Waals surface area (Å²) in [7, 11) is 0. The Labute approximate surface area is 150 Å². The van der Waals surface area contributed by atoms with Crippen LogP contribution in [0, 0.1) is 5.82 Å². The second-order valence-corrected chi connectivity index (χ2v) is 6.65. The number of ketones is 2. The molecule has 2 heterocycles. The molecule has 1 aromatic heterocycles. The van der Waals surface area contributed by atoms with Gasteiger partial charge in [-0.25, -0.2) is 4.39 Å². The van der Waals surface area contributed by atoms with Gasteiger partial charge >= 0.3 is 0 Å². The van der Waals surface area contributed by atoms with Crippen LogP contribution in [0.5, 0.6) is 0 Å². The van der Waals surface area contributed by atoms with E-state index < -0.39 is 5.82 Å². The summed E-state index contributed by atoms with van der Waals surface area (Å²) in [5.74, 6) is -0.535. The molecule has 1 N–H and O–H groups in total. The van der Waals surface area contributed by atoms with Gasteiger partial charge in [0.25, 0.3) is 0 Å². The van der Waals surface area contributed by atoms with E-state index in [4.69, 9.17) is 0 Å². The third-order valence-corrected chi connectivity index (χ3v) is 5.03. The molecule has 0 aliphatic carbocycles. The minimum atomic E-state index is -0.406. The first-order valence-electron chi connectivity index (χ1n) is 8.77. The summed E-state index contributed by atoms with van der Waals surface area (Å²) in [5, 5.41) is 0.332. The smallest absolute Gasteiger partial charge is 0.182 e. The van der Waals surface area contributed by atoms with Gasteiger partial charge in [0, 0.05) is 28.2 Å². The molecule has 1 aliphatic rings. The van der Waals surface area contributed by atoms with Crippen molar-refractivity contribution in [2.45, 2.75) is 18.9 Å². The number of benzene rings is 2. The van der Waals surface area contributed by atoms with Crippen molar-refractivity contribution in [1.82, 2.24) is 9.88 Å². The number of hydrogen-bond acceptors (Lipinski definition) is 3. The molecule has 0 radical (unpaired) electrons. The van der Waals surface area contributed by atoms with Gasteiger partial charge in [0.05, 0.1) is 12.6 Å². The molecule has 3 aromatic rings. The normalized spacial score (nSPS) is 17.7. The summed E-state index contributed by atoms with van der Waals surface area (Å²) in [6.45, 7) is 0.894. The molecule has 0 bridgehead atoms. The lowest BCUT2D eigenvalue weighted by molar-refractivity contribution is 0.0824. The van der Waals surface area contributed by atoms with Crippen molar-refractivity contribution < 1.29 is 14.0 Å². The number of carbonyl (C=O) groups excluding carboxylic acids is 2. The van der Waals surface area contributed by atoms with Gasteiger partial charge in [-0.1, -0.05) is 36.4 Å². The molecule has 132 valence electrons. The summed E-state index contributed by atoms with van der Waals surface area (Å²) in [5.41, 5.74) is 1.61. The molecule has 2 aromatic carbocycles. The Morgan fingerprint density at radius 3 is 2.73 bits per heavy atom. The maximum Gasteiger partial charge on any atom is 0.182 e. The predicted octanol–water partition coefficient (Wildman–Crippen LogP) is 3.84. The number of halogens is 1. The zero-order chi connectivity index (χ0) is 18.1. The zero-order valence-electron chi connectivity index (χ0n) is 14.2. The van der Waals surface area contributed by atoms with Gasteiger partial charge in [0.1, 0.15) is 5.82 Å². The minimum absolute atomic E-state index is 0.00425. The van der Waals surface area contributed by atoms with Gasteiger partial charge in [-0.05, 0) is 31.5 Å². The van der Waals surface area contributed by atoms with Gasteiger partial charge in [-0.3, -0.25) is 14.5 Å². The van der Waals surface area contributed by atoms with Crippen LogP contribution in [-0.4, -0.2) is 40.6 Å². The quantitative estimate of drug-likeness (QED) is 0.712. The molecule has 4 nitrogen and oxygen atoms in total. The number of carbonyl (C=O) groups is 2. The topological polar surface area (TPSA) is 53.2 Å². The third kappa shape index (κ3) is 2.95. The first-order valence-corrected chi connectivity index (χ1v) is 8.77. The van der Waals surface area contributed by atoms with Gasteiger partial charge in [0.15, 0.2) is 11.6 Å². The second kappa shape index (κ2) is 6.84. The lowest BCUT2D eigenvalue weighted by Crippen LogP contribution is -2.39. The Hall–Kier alpha value is -2.79.